The zero-order valence-electron chi connectivity index (χ0n) is 12.9. The van der Waals surface area contributed by atoms with Gasteiger partial charge < -0.3 is 10.2 Å². The molecule has 0 aliphatic carbocycles. The van der Waals surface area contributed by atoms with Crippen LogP contribution in [0.2, 0.25) is 0 Å². The van der Waals surface area contributed by atoms with Gasteiger partial charge in [-0.15, -0.1) is 0 Å². The van der Waals surface area contributed by atoms with Gasteiger partial charge in [0.05, 0.1) is 5.69 Å². The Hall–Kier alpha value is -1.87. The summed E-state index contributed by atoms with van der Waals surface area (Å²) in [4.78, 5) is 1.91. The van der Waals surface area contributed by atoms with Crippen LogP contribution >= 0.6 is 0 Å². The number of halogens is 1. The van der Waals surface area contributed by atoms with Crippen LogP contribution in [0.25, 0.3) is 0 Å². The van der Waals surface area contributed by atoms with Crippen LogP contribution in [0.1, 0.15) is 31.9 Å². The molecule has 0 saturated carbocycles. The fraction of sp³-hybridized carbons (Fsp3) is 0.333. The van der Waals surface area contributed by atoms with Gasteiger partial charge in [0, 0.05) is 18.8 Å². The number of hydrogen-bond acceptors (Lipinski definition) is 2. The number of nitrogens with zero attached hydrogens (tertiary/aromatic N) is 1. The summed E-state index contributed by atoms with van der Waals surface area (Å²) in [6, 6.07) is 15.3. The Morgan fingerprint density at radius 3 is 2.48 bits per heavy atom. The lowest BCUT2D eigenvalue weighted by atomic mass is 10.0. The lowest BCUT2D eigenvalue weighted by Gasteiger charge is -2.26. The van der Waals surface area contributed by atoms with Crippen molar-refractivity contribution in [2.75, 3.05) is 18.5 Å². The molecule has 0 aliphatic rings. The molecule has 1 unspecified atom stereocenters. The second-order valence-corrected chi connectivity index (χ2v) is 5.25. The molecule has 0 radical (unpaired) electrons. The van der Waals surface area contributed by atoms with E-state index in [1.54, 1.807) is 6.07 Å². The second kappa shape index (κ2) is 7.23. The van der Waals surface area contributed by atoms with Crippen LogP contribution in [0, 0.1) is 5.82 Å². The molecule has 3 heteroatoms. The molecule has 0 amide bonds. The molecule has 1 atom stereocenters. The molecular weight excluding hydrogens is 263 g/mol. The smallest absolute Gasteiger partial charge is 0.147 e. The molecule has 0 aliphatic heterocycles. The van der Waals surface area contributed by atoms with Crippen LogP contribution in [-0.2, 0) is 0 Å². The maximum absolute atomic E-state index is 14.4. The van der Waals surface area contributed by atoms with Crippen molar-refractivity contribution in [1.82, 2.24) is 5.32 Å². The second-order valence-electron chi connectivity index (χ2n) is 5.25. The Morgan fingerprint density at radius 1 is 1.10 bits per heavy atom. The molecule has 0 bridgehead atoms. The first kappa shape index (κ1) is 15.5. The van der Waals surface area contributed by atoms with Crippen LogP contribution < -0.4 is 10.2 Å². The molecule has 112 valence electrons. The van der Waals surface area contributed by atoms with Crippen molar-refractivity contribution in [1.29, 1.82) is 0 Å². The fourth-order valence-corrected chi connectivity index (χ4v) is 2.49. The van der Waals surface area contributed by atoms with Crippen molar-refractivity contribution in [3.05, 3.63) is 59.9 Å². The Bertz CT molecular complexity index is 569. The molecule has 2 aromatic rings. The summed E-state index contributed by atoms with van der Waals surface area (Å²) in [7, 11) is 1.91. The molecule has 21 heavy (non-hydrogen) atoms. The molecule has 0 fully saturated rings. The summed E-state index contributed by atoms with van der Waals surface area (Å²) < 4.78 is 14.4. The highest BCUT2D eigenvalue weighted by molar-refractivity contribution is 5.67. The Kier molecular flexibility index (Phi) is 5.34. The van der Waals surface area contributed by atoms with E-state index < -0.39 is 0 Å². The minimum atomic E-state index is -0.191. The van der Waals surface area contributed by atoms with E-state index in [-0.39, 0.29) is 11.9 Å². The third-order valence-corrected chi connectivity index (χ3v) is 3.66. The molecule has 0 saturated heterocycles. The van der Waals surface area contributed by atoms with Crippen LogP contribution in [-0.4, -0.2) is 13.6 Å². The molecule has 2 nitrogen and oxygen atoms in total. The highest BCUT2D eigenvalue weighted by atomic mass is 19.1. The number of anilines is 2. The Morgan fingerprint density at radius 2 is 1.81 bits per heavy atom. The zero-order chi connectivity index (χ0) is 15.2. The van der Waals surface area contributed by atoms with E-state index in [4.69, 9.17) is 0 Å². The summed E-state index contributed by atoms with van der Waals surface area (Å²) in [6.07, 6.45) is 1.06. The van der Waals surface area contributed by atoms with Crippen LogP contribution in [0.5, 0.6) is 0 Å². The van der Waals surface area contributed by atoms with E-state index in [9.17, 15) is 4.39 Å². The maximum Gasteiger partial charge on any atom is 0.147 e. The Balaban J connectivity index is 2.38. The van der Waals surface area contributed by atoms with Gasteiger partial charge in [-0.3, -0.25) is 0 Å². The third-order valence-electron chi connectivity index (χ3n) is 3.66. The zero-order valence-corrected chi connectivity index (χ0v) is 12.9. The number of rotatable bonds is 6. The highest BCUT2D eigenvalue weighted by Crippen LogP contribution is 2.33. The summed E-state index contributed by atoms with van der Waals surface area (Å²) in [5.41, 5.74) is 2.60. The van der Waals surface area contributed by atoms with Gasteiger partial charge in [-0.05, 0) is 43.7 Å². The largest absolute Gasteiger partial charge is 0.342 e. The SMILES string of the molecule is CCCNC(C)c1cccc(F)c1N(C)c1ccccc1. The predicted octanol–water partition coefficient (Wildman–Crippen LogP) is 4.65. The lowest BCUT2D eigenvalue weighted by molar-refractivity contribution is 0.562. The number of benzene rings is 2. The van der Waals surface area contributed by atoms with E-state index in [0.717, 1.165) is 24.2 Å². The lowest BCUT2D eigenvalue weighted by Crippen LogP contribution is -2.23. The highest BCUT2D eigenvalue weighted by Gasteiger charge is 2.18. The summed E-state index contributed by atoms with van der Waals surface area (Å²) in [6.45, 7) is 5.13. The van der Waals surface area contributed by atoms with Crippen LogP contribution in [0.15, 0.2) is 48.5 Å². The van der Waals surface area contributed by atoms with E-state index >= 15 is 0 Å². The van der Waals surface area contributed by atoms with Crippen molar-refractivity contribution in [2.45, 2.75) is 26.3 Å². The van der Waals surface area contributed by atoms with E-state index in [0.29, 0.717) is 5.69 Å². The molecule has 0 aromatic heterocycles. The van der Waals surface area contributed by atoms with Gasteiger partial charge in [-0.2, -0.15) is 0 Å². The van der Waals surface area contributed by atoms with Crippen molar-refractivity contribution in [3.8, 4) is 0 Å². The van der Waals surface area contributed by atoms with Gasteiger partial charge in [-0.25, -0.2) is 4.39 Å². The van der Waals surface area contributed by atoms with Gasteiger partial charge in [0.25, 0.3) is 0 Å². The average molecular weight is 286 g/mol. The minimum absolute atomic E-state index is 0.113. The van der Waals surface area contributed by atoms with Crippen LogP contribution in [0.4, 0.5) is 15.8 Å². The first-order chi connectivity index (χ1) is 10.1. The van der Waals surface area contributed by atoms with E-state index in [2.05, 4.69) is 19.2 Å². The quantitative estimate of drug-likeness (QED) is 0.831. The number of para-hydroxylation sites is 2. The van der Waals surface area contributed by atoms with Gasteiger partial charge in [0.1, 0.15) is 5.82 Å². The molecule has 2 aromatic carbocycles. The van der Waals surface area contributed by atoms with Crippen molar-refractivity contribution < 1.29 is 4.39 Å². The first-order valence-electron chi connectivity index (χ1n) is 7.45. The summed E-state index contributed by atoms with van der Waals surface area (Å²) in [5.74, 6) is -0.191. The first-order valence-corrected chi connectivity index (χ1v) is 7.45. The Labute approximate surface area is 126 Å². The normalized spacial score (nSPS) is 12.2. The standard InChI is InChI=1S/C18H23FN2/c1-4-13-20-14(2)16-11-8-12-17(19)18(16)21(3)15-9-6-5-7-10-15/h5-12,14,20H,4,13H2,1-3H3. The van der Waals surface area contributed by atoms with Crippen molar-refractivity contribution >= 4 is 11.4 Å². The van der Waals surface area contributed by atoms with E-state index in [1.165, 1.54) is 6.07 Å². The van der Waals surface area contributed by atoms with Crippen molar-refractivity contribution in [3.63, 3.8) is 0 Å². The third kappa shape index (κ3) is 3.61. The monoisotopic (exact) mass is 286 g/mol. The van der Waals surface area contributed by atoms with Crippen LogP contribution in [0.3, 0.4) is 0 Å². The fourth-order valence-electron chi connectivity index (χ4n) is 2.49. The van der Waals surface area contributed by atoms with Gasteiger partial charge in [0.2, 0.25) is 0 Å². The number of nitrogens with one attached hydrogen (secondary N) is 1. The molecule has 1 N–H and O–H groups in total. The molecule has 2 rings (SSSR count). The summed E-state index contributed by atoms with van der Waals surface area (Å²) >= 11 is 0. The summed E-state index contributed by atoms with van der Waals surface area (Å²) in [5, 5.41) is 3.43. The molecule has 0 spiro atoms. The topological polar surface area (TPSA) is 15.3 Å². The number of hydrogen-bond donors (Lipinski definition) is 1. The predicted molar refractivity (Wildman–Crippen MR) is 87.6 cm³/mol. The van der Waals surface area contributed by atoms with E-state index in [1.807, 2.05) is 48.3 Å². The molecular formula is C18H23FN2. The van der Waals surface area contributed by atoms with Gasteiger partial charge in [-0.1, -0.05) is 37.3 Å². The van der Waals surface area contributed by atoms with Gasteiger partial charge >= 0.3 is 0 Å². The van der Waals surface area contributed by atoms with Gasteiger partial charge in [0.15, 0.2) is 0 Å². The molecule has 0 heterocycles. The maximum atomic E-state index is 14.4. The average Bonchev–Trinajstić information content (AvgIpc) is 2.52. The van der Waals surface area contributed by atoms with Crippen molar-refractivity contribution in [2.24, 2.45) is 0 Å². The minimum Gasteiger partial charge on any atom is -0.342 e.